The molecule has 1 aliphatic carbocycles. The summed E-state index contributed by atoms with van der Waals surface area (Å²) in [6, 6.07) is 6.44. The van der Waals surface area contributed by atoms with Gasteiger partial charge in [-0.2, -0.15) is 13.2 Å². The summed E-state index contributed by atoms with van der Waals surface area (Å²) >= 11 is 0. The van der Waals surface area contributed by atoms with E-state index in [0.29, 0.717) is 18.2 Å². The molecular weight excluding hydrogens is 495 g/mol. The molecule has 36 heavy (non-hydrogen) atoms. The number of fused-ring (bicyclic) bond motifs is 3. The zero-order valence-electron chi connectivity index (χ0n) is 17.3. The average Bonchev–Trinajstić information content (AvgIpc) is 3.10. The zero-order chi connectivity index (χ0) is 26.5. The fourth-order valence-corrected chi connectivity index (χ4v) is 3.82. The van der Waals surface area contributed by atoms with Gasteiger partial charge in [0.1, 0.15) is 0 Å². The summed E-state index contributed by atoms with van der Waals surface area (Å²) in [6.07, 6.45) is -4.91. The van der Waals surface area contributed by atoms with Crippen LogP contribution in [0.1, 0.15) is 16.7 Å². The van der Waals surface area contributed by atoms with Gasteiger partial charge in [0.05, 0.1) is 59.9 Å². The van der Waals surface area contributed by atoms with Crippen molar-refractivity contribution >= 4 is 34.1 Å². The first-order valence-electron chi connectivity index (χ1n) is 9.51. The van der Waals surface area contributed by atoms with E-state index in [9.17, 15) is 53.6 Å². The van der Waals surface area contributed by atoms with Gasteiger partial charge in [-0.3, -0.25) is 40.5 Å². The van der Waals surface area contributed by atoms with Crippen molar-refractivity contribution in [1.82, 2.24) is 0 Å². The number of aliphatic imine (C=N–C) groups is 1. The molecule has 4 rings (SSSR count). The van der Waals surface area contributed by atoms with E-state index in [1.165, 1.54) is 6.07 Å². The number of nitro benzene ring substituents is 4. The van der Waals surface area contributed by atoms with Crippen LogP contribution in [-0.2, 0) is 6.18 Å². The Labute approximate surface area is 195 Å². The number of non-ortho nitro benzene ring substituents is 2. The van der Waals surface area contributed by atoms with Gasteiger partial charge in [-0.25, -0.2) is 4.99 Å². The molecule has 0 atom stereocenters. The summed E-state index contributed by atoms with van der Waals surface area (Å²) in [6.45, 7) is 0. The highest BCUT2D eigenvalue weighted by Gasteiger charge is 2.42. The highest BCUT2D eigenvalue weighted by Crippen LogP contribution is 2.51. The molecule has 0 saturated carbocycles. The number of hydrogen-bond donors (Lipinski definition) is 0. The lowest BCUT2D eigenvalue weighted by Gasteiger charge is -2.10. The van der Waals surface area contributed by atoms with Crippen molar-refractivity contribution < 1.29 is 32.9 Å². The molecule has 182 valence electrons. The Morgan fingerprint density at radius 1 is 0.667 bits per heavy atom. The van der Waals surface area contributed by atoms with Crippen molar-refractivity contribution in [2.24, 2.45) is 4.99 Å². The number of rotatable bonds is 5. The van der Waals surface area contributed by atoms with Crippen LogP contribution in [-0.4, -0.2) is 25.4 Å². The van der Waals surface area contributed by atoms with Gasteiger partial charge in [-0.15, -0.1) is 0 Å². The Balaban J connectivity index is 2.21. The van der Waals surface area contributed by atoms with E-state index in [0.717, 1.165) is 24.3 Å². The van der Waals surface area contributed by atoms with Gasteiger partial charge >= 0.3 is 6.18 Å². The molecular formula is C20H8F3N5O8. The second kappa shape index (κ2) is 8.19. The fraction of sp³-hybridized carbons (Fsp3) is 0.0500. The molecule has 1 aliphatic rings. The maximum atomic E-state index is 13.6. The van der Waals surface area contributed by atoms with Gasteiger partial charge in [-0.1, -0.05) is 12.1 Å². The van der Waals surface area contributed by atoms with Gasteiger partial charge in [-0.05, 0) is 12.1 Å². The molecule has 3 aromatic rings. The van der Waals surface area contributed by atoms with E-state index in [2.05, 4.69) is 4.99 Å². The van der Waals surface area contributed by atoms with Crippen molar-refractivity contribution in [3.8, 4) is 11.1 Å². The normalized spacial score (nSPS) is 12.0. The fourth-order valence-electron chi connectivity index (χ4n) is 3.82. The molecule has 0 aliphatic heterocycles. The van der Waals surface area contributed by atoms with E-state index < -0.39 is 87.8 Å². The Morgan fingerprint density at radius 2 is 1.11 bits per heavy atom. The van der Waals surface area contributed by atoms with Crippen molar-refractivity contribution in [3.63, 3.8) is 0 Å². The number of para-hydroxylation sites is 1. The van der Waals surface area contributed by atoms with E-state index in [1.54, 1.807) is 0 Å². The number of alkyl halides is 3. The largest absolute Gasteiger partial charge is 0.418 e. The van der Waals surface area contributed by atoms with Crippen LogP contribution in [0.3, 0.4) is 0 Å². The third-order valence-electron chi connectivity index (χ3n) is 5.22. The molecule has 0 fully saturated rings. The Bertz CT molecular complexity index is 1470. The summed E-state index contributed by atoms with van der Waals surface area (Å²) in [5.74, 6) is 0. The molecule has 0 unspecified atom stereocenters. The van der Waals surface area contributed by atoms with Crippen LogP contribution in [0.5, 0.6) is 0 Å². The first kappa shape index (κ1) is 23.9. The van der Waals surface area contributed by atoms with Crippen molar-refractivity contribution in [3.05, 3.63) is 106 Å². The van der Waals surface area contributed by atoms with E-state index >= 15 is 0 Å². The Hall–Kier alpha value is -5.28. The summed E-state index contributed by atoms with van der Waals surface area (Å²) in [7, 11) is 0. The van der Waals surface area contributed by atoms with Crippen LogP contribution in [0.2, 0.25) is 0 Å². The lowest BCUT2D eigenvalue weighted by atomic mass is 10.0. The van der Waals surface area contributed by atoms with Crippen molar-refractivity contribution in [2.75, 3.05) is 0 Å². The SMILES string of the molecule is O=[N+]([O-])c1cc2c(c([N+](=O)[O-])c1)-c1c(cc([N+](=O)[O-])cc1[N+](=O)[O-])C2=Nc1ccccc1C(F)(F)F. The summed E-state index contributed by atoms with van der Waals surface area (Å²) in [4.78, 5) is 46.1. The number of benzene rings is 3. The maximum Gasteiger partial charge on any atom is 0.418 e. The molecule has 13 nitrogen and oxygen atoms in total. The quantitative estimate of drug-likeness (QED) is 0.253. The second-order valence-electron chi connectivity index (χ2n) is 7.28. The molecule has 0 radical (unpaired) electrons. The number of hydrogen-bond acceptors (Lipinski definition) is 9. The molecule has 0 amide bonds. The van der Waals surface area contributed by atoms with Gasteiger partial charge in [0.2, 0.25) is 0 Å². The molecule has 16 heteroatoms. The molecule has 0 saturated heterocycles. The van der Waals surface area contributed by atoms with Crippen LogP contribution in [0.25, 0.3) is 11.1 Å². The average molecular weight is 503 g/mol. The van der Waals surface area contributed by atoms with Crippen LogP contribution in [0, 0.1) is 40.5 Å². The lowest BCUT2D eigenvalue weighted by molar-refractivity contribution is -0.395. The molecule has 0 spiro atoms. The third kappa shape index (κ3) is 3.85. The van der Waals surface area contributed by atoms with E-state index in [-0.39, 0.29) is 0 Å². The summed E-state index contributed by atoms with van der Waals surface area (Å²) in [5, 5.41) is 46.4. The standard InChI is InChI=1S/C20H8F3N5O8/c21-20(22,23)13-3-1-2-4-14(13)24-19-11-5-9(25(29)30)7-15(27(33)34)17(11)18-12(19)6-10(26(31)32)8-16(18)28(35)36/h1-8H. The highest BCUT2D eigenvalue weighted by molar-refractivity contribution is 6.28. The lowest BCUT2D eigenvalue weighted by Crippen LogP contribution is -2.06. The Kier molecular flexibility index (Phi) is 5.43. The third-order valence-corrected chi connectivity index (χ3v) is 5.22. The van der Waals surface area contributed by atoms with Gasteiger partial charge in [0.15, 0.2) is 0 Å². The van der Waals surface area contributed by atoms with E-state index in [4.69, 9.17) is 0 Å². The smallest absolute Gasteiger partial charge is 0.258 e. The number of nitrogens with zero attached hydrogens (tertiary/aromatic N) is 5. The first-order valence-corrected chi connectivity index (χ1v) is 9.51. The van der Waals surface area contributed by atoms with Crippen molar-refractivity contribution in [2.45, 2.75) is 6.18 Å². The number of nitro groups is 4. The Morgan fingerprint density at radius 3 is 1.50 bits per heavy atom. The predicted octanol–water partition coefficient (Wildman–Crippen LogP) is 5.49. The minimum Gasteiger partial charge on any atom is -0.258 e. The van der Waals surface area contributed by atoms with Crippen molar-refractivity contribution in [1.29, 1.82) is 0 Å². The minimum atomic E-state index is -4.91. The summed E-state index contributed by atoms with van der Waals surface area (Å²) in [5.41, 5.74) is -8.17. The summed E-state index contributed by atoms with van der Waals surface area (Å²) < 4.78 is 40.7. The monoisotopic (exact) mass is 503 g/mol. The molecule has 0 aromatic heterocycles. The number of halogens is 3. The van der Waals surface area contributed by atoms with Crippen LogP contribution >= 0.6 is 0 Å². The predicted molar refractivity (Wildman–Crippen MR) is 115 cm³/mol. The maximum absolute atomic E-state index is 13.6. The van der Waals surface area contributed by atoms with Crippen LogP contribution in [0.15, 0.2) is 53.5 Å². The topological polar surface area (TPSA) is 185 Å². The van der Waals surface area contributed by atoms with E-state index in [1.807, 2.05) is 0 Å². The van der Waals surface area contributed by atoms with Gasteiger partial charge in [0, 0.05) is 23.3 Å². The first-order chi connectivity index (χ1) is 16.8. The second-order valence-corrected chi connectivity index (χ2v) is 7.28. The molecule has 3 aromatic carbocycles. The molecule has 0 N–H and O–H groups in total. The minimum absolute atomic E-state index is 0.466. The highest BCUT2D eigenvalue weighted by atomic mass is 19.4. The van der Waals surface area contributed by atoms with Crippen LogP contribution in [0.4, 0.5) is 41.6 Å². The van der Waals surface area contributed by atoms with Gasteiger partial charge in [0.25, 0.3) is 22.7 Å². The molecule has 0 heterocycles. The van der Waals surface area contributed by atoms with Crippen LogP contribution < -0.4 is 0 Å². The van der Waals surface area contributed by atoms with Gasteiger partial charge < -0.3 is 0 Å². The zero-order valence-corrected chi connectivity index (χ0v) is 17.3. The molecule has 0 bridgehead atoms.